The van der Waals surface area contributed by atoms with E-state index in [1.54, 1.807) is 13.4 Å². The topological polar surface area (TPSA) is 59.1 Å². The molecule has 0 spiro atoms. The van der Waals surface area contributed by atoms with Crippen molar-refractivity contribution in [2.75, 3.05) is 24.3 Å². The number of aromatic nitrogens is 2. The van der Waals surface area contributed by atoms with Crippen LogP contribution < -0.4 is 15.4 Å². The smallest absolute Gasteiger partial charge is 0.204 e. The van der Waals surface area contributed by atoms with E-state index in [1.165, 1.54) is 25.7 Å². The van der Waals surface area contributed by atoms with Crippen LogP contribution in [0.5, 0.6) is 5.75 Å². The van der Waals surface area contributed by atoms with Gasteiger partial charge in [-0.05, 0) is 32.1 Å². The molecule has 0 bridgehead atoms. The molecule has 0 amide bonds. The predicted molar refractivity (Wildman–Crippen MR) is 82.4 cm³/mol. The number of hydrogen-bond acceptors (Lipinski definition) is 5. The molecule has 1 aromatic heterocycles. The SMILES string of the molecule is CCCNc1ncnc(NC(C)C2CCCC2)c1OC. The van der Waals surface area contributed by atoms with Crippen molar-refractivity contribution < 1.29 is 4.74 Å². The summed E-state index contributed by atoms with van der Waals surface area (Å²) in [6, 6.07) is 0.417. The summed E-state index contributed by atoms with van der Waals surface area (Å²) in [7, 11) is 1.67. The summed E-state index contributed by atoms with van der Waals surface area (Å²) in [6.45, 7) is 5.24. The third kappa shape index (κ3) is 3.52. The second-order valence-corrected chi connectivity index (χ2v) is 5.51. The van der Waals surface area contributed by atoms with Crippen LogP contribution in [0.15, 0.2) is 6.33 Å². The second kappa shape index (κ2) is 7.31. The molecule has 2 rings (SSSR count). The monoisotopic (exact) mass is 278 g/mol. The number of nitrogens with zero attached hydrogens (tertiary/aromatic N) is 2. The largest absolute Gasteiger partial charge is 0.490 e. The molecule has 0 radical (unpaired) electrons. The summed E-state index contributed by atoms with van der Waals surface area (Å²) in [6.07, 6.45) is 7.95. The Bertz CT molecular complexity index is 418. The molecule has 5 heteroatoms. The van der Waals surface area contributed by atoms with Gasteiger partial charge in [0.1, 0.15) is 6.33 Å². The highest BCUT2D eigenvalue weighted by Crippen LogP contribution is 2.33. The fraction of sp³-hybridized carbons (Fsp3) is 0.733. The Morgan fingerprint density at radius 1 is 1.30 bits per heavy atom. The molecule has 1 heterocycles. The lowest BCUT2D eigenvalue weighted by Crippen LogP contribution is -2.25. The first kappa shape index (κ1) is 14.9. The van der Waals surface area contributed by atoms with Crippen molar-refractivity contribution in [1.29, 1.82) is 0 Å². The fourth-order valence-electron chi connectivity index (χ4n) is 2.83. The first-order chi connectivity index (χ1) is 9.76. The van der Waals surface area contributed by atoms with E-state index in [0.29, 0.717) is 11.8 Å². The maximum Gasteiger partial charge on any atom is 0.204 e. The Morgan fingerprint density at radius 3 is 2.65 bits per heavy atom. The van der Waals surface area contributed by atoms with E-state index in [1.807, 2.05) is 0 Å². The quantitative estimate of drug-likeness (QED) is 0.801. The van der Waals surface area contributed by atoms with Crippen LogP contribution in [0.25, 0.3) is 0 Å². The standard InChI is InChI=1S/C15H26N4O/c1-4-9-16-14-13(20-3)15(18-10-17-14)19-11(2)12-7-5-6-8-12/h10-12H,4-9H2,1-3H3,(H2,16,17,18,19). The molecule has 1 aromatic rings. The highest BCUT2D eigenvalue weighted by molar-refractivity contribution is 5.63. The molecule has 0 aromatic carbocycles. The highest BCUT2D eigenvalue weighted by atomic mass is 16.5. The Kier molecular flexibility index (Phi) is 5.44. The van der Waals surface area contributed by atoms with Gasteiger partial charge in [-0.2, -0.15) is 0 Å². The summed E-state index contributed by atoms with van der Waals surface area (Å²) >= 11 is 0. The van der Waals surface area contributed by atoms with Crippen molar-refractivity contribution in [3.63, 3.8) is 0 Å². The molecular weight excluding hydrogens is 252 g/mol. The van der Waals surface area contributed by atoms with E-state index < -0.39 is 0 Å². The third-order valence-corrected chi connectivity index (χ3v) is 4.02. The third-order valence-electron chi connectivity index (χ3n) is 4.02. The number of hydrogen-bond donors (Lipinski definition) is 2. The van der Waals surface area contributed by atoms with Gasteiger partial charge in [0, 0.05) is 12.6 Å². The molecule has 1 unspecified atom stereocenters. The molecule has 2 N–H and O–H groups in total. The number of nitrogens with one attached hydrogen (secondary N) is 2. The maximum atomic E-state index is 5.49. The van der Waals surface area contributed by atoms with Crippen LogP contribution >= 0.6 is 0 Å². The molecule has 0 saturated heterocycles. The van der Waals surface area contributed by atoms with Crippen molar-refractivity contribution >= 4 is 11.6 Å². The average molecular weight is 278 g/mol. The minimum absolute atomic E-state index is 0.417. The number of ether oxygens (including phenoxy) is 1. The molecule has 1 aliphatic rings. The molecule has 1 fully saturated rings. The molecule has 20 heavy (non-hydrogen) atoms. The first-order valence-electron chi connectivity index (χ1n) is 7.65. The average Bonchev–Trinajstić information content (AvgIpc) is 2.99. The van der Waals surface area contributed by atoms with Crippen molar-refractivity contribution in [1.82, 2.24) is 9.97 Å². The van der Waals surface area contributed by atoms with Crippen LogP contribution in [-0.4, -0.2) is 29.7 Å². The molecule has 1 atom stereocenters. The summed E-state index contributed by atoms with van der Waals surface area (Å²) in [4.78, 5) is 8.61. The van der Waals surface area contributed by atoms with E-state index in [2.05, 4.69) is 34.4 Å². The lowest BCUT2D eigenvalue weighted by molar-refractivity contribution is 0.411. The van der Waals surface area contributed by atoms with Gasteiger partial charge in [-0.15, -0.1) is 0 Å². The van der Waals surface area contributed by atoms with Crippen molar-refractivity contribution in [2.24, 2.45) is 5.92 Å². The van der Waals surface area contributed by atoms with Crippen LogP contribution in [-0.2, 0) is 0 Å². The lowest BCUT2D eigenvalue weighted by Gasteiger charge is -2.22. The minimum atomic E-state index is 0.417. The fourth-order valence-corrected chi connectivity index (χ4v) is 2.83. The van der Waals surface area contributed by atoms with Gasteiger partial charge < -0.3 is 15.4 Å². The van der Waals surface area contributed by atoms with Gasteiger partial charge in [0.25, 0.3) is 0 Å². The lowest BCUT2D eigenvalue weighted by atomic mass is 10.00. The van der Waals surface area contributed by atoms with Crippen LogP contribution in [0.2, 0.25) is 0 Å². The Balaban J connectivity index is 2.09. The van der Waals surface area contributed by atoms with Gasteiger partial charge in [0.15, 0.2) is 11.6 Å². The summed E-state index contributed by atoms with van der Waals surface area (Å²) < 4.78 is 5.49. The number of rotatable bonds is 7. The Morgan fingerprint density at radius 2 is 2.00 bits per heavy atom. The molecule has 5 nitrogen and oxygen atoms in total. The van der Waals surface area contributed by atoms with Crippen molar-refractivity contribution in [3.05, 3.63) is 6.33 Å². The van der Waals surface area contributed by atoms with E-state index in [4.69, 9.17) is 4.74 Å². The van der Waals surface area contributed by atoms with Gasteiger partial charge in [-0.1, -0.05) is 19.8 Å². The van der Waals surface area contributed by atoms with Crippen LogP contribution in [0.1, 0.15) is 46.0 Å². The molecule has 0 aliphatic heterocycles. The molecular formula is C15H26N4O. The highest BCUT2D eigenvalue weighted by Gasteiger charge is 2.23. The molecule has 1 aliphatic carbocycles. The van der Waals surface area contributed by atoms with Crippen LogP contribution in [0, 0.1) is 5.92 Å². The second-order valence-electron chi connectivity index (χ2n) is 5.51. The van der Waals surface area contributed by atoms with Gasteiger partial charge in [0.2, 0.25) is 5.75 Å². The summed E-state index contributed by atoms with van der Waals surface area (Å²) in [5, 5.41) is 6.78. The first-order valence-corrected chi connectivity index (χ1v) is 7.65. The minimum Gasteiger partial charge on any atom is -0.490 e. The number of anilines is 2. The van der Waals surface area contributed by atoms with Crippen LogP contribution in [0.3, 0.4) is 0 Å². The summed E-state index contributed by atoms with van der Waals surface area (Å²) in [5.41, 5.74) is 0. The van der Waals surface area contributed by atoms with Crippen molar-refractivity contribution in [3.8, 4) is 5.75 Å². The number of methoxy groups -OCH3 is 1. The van der Waals surface area contributed by atoms with Gasteiger partial charge in [-0.3, -0.25) is 0 Å². The Hall–Kier alpha value is -1.52. The van der Waals surface area contributed by atoms with E-state index in [-0.39, 0.29) is 0 Å². The maximum absolute atomic E-state index is 5.49. The zero-order valence-electron chi connectivity index (χ0n) is 12.8. The summed E-state index contributed by atoms with van der Waals surface area (Å²) in [5.74, 6) is 3.01. The van der Waals surface area contributed by atoms with E-state index in [0.717, 1.165) is 30.5 Å². The van der Waals surface area contributed by atoms with Crippen molar-refractivity contribution in [2.45, 2.75) is 52.0 Å². The molecule has 1 saturated carbocycles. The molecule has 112 valence electrons. The predicted octanol–water partition coefficient (Wildman–Crippen LogP) is 3.30. The van der Waals surface area contributed by atoms with Gasteiger partial charge in [-0.25, -0.2) is 9.97 Å². The van der Waals surface area contributed by atoms with E-state index in [9.17, 15) is 0 Å². The zero-order chi connectivity index (χ0) is 14.4. The normalized spacial score (nSPS) is 16.9. The van der Waals surface area contributed by atoms with Gasteiger partial charge in [0.05, 0.1) is 7.11 Å². The Labute approximate surface area is 121 Å². The van der Waals surface area contributed by atoms with Crippen LogP contribution in [0.4, 0.5) is 11.6 Å². The van der Waals surface area contributed by atoms with E-state index >= 15 is 0 Å². The van der Waals surface area contributed by atoms with Gasteiger partial charge >= 0.3 is 0 Å². The zero-order valence-corrected chi connectivity index (χ0v) is 12.8.